The molecule has 1 aliphatic rings. The summed E-state index contributed by atoms with van der Waals surface area (Å²) in [6, 6.07) is 5.31. The topological polar surface area (TPSA) is 68.8 Å². The van der Waals surface area contributed by atoms with Gasteiger partial charge in [-0.25, -0.2) is 4.79 Å². The van der Waals surface area contributed by atoms with Crippen molar-refractivity contribution < 1.29 is 19.0 Å². The molecule has 0 bridgehead atoms. The molecule has 0 radical (unpaired) electrons. The van der Waals surface area contributed by atoms with Gasteiger partial charge >= 0.3 is 6.09 Å². The van der Waals surface area contributed by atoms with E-state index in [1.165, 1.54) is 0 Å². The maximum atomic E-state index is 11.9. The summed E-state index contributed by atoms with van der Waals surface area (Å²) in [5.74, 6) is 1.28. The number of piperidine rings is 1. The third-order valence-electron chi connectivity index (χ3n) is 3.39. The zero-order chi connectivity index (χ0) is 16.9. The van der Waals surface area contributed by atoms with Crippen LogP contribution < -0.4 is 20.1 Å². The van der Waals surface area contributed by atoms with Crippen molar-refractivity contribution in [2.75, 3.05) is 25.5 Å². The van der Waals surface area contributed by atoms with E-state index >= 15 is 0 Å². The molecular formula is C17H26N2O4. The molecule has 23 heavy (non-hydrogen) atoms. The molecule has 1 heterocycles. The van der Waals surface area contributed by atoms with Gasteiger partial charge in [-0.05, 0) is 58.8 Å². The standard InChI is InChI=1S/C17H26N2O4/c1-17(2,3)23-16(20)19-12-5-6-14(21-4)15(11-12)22-13-7-9-18-10-8-13/h5-6,11,13,18H,7-10H2,1-4H3,(H,19,20). The molecule has 0 spiro atoms. The molecule has 2 N–H and O–H groups in total. The van der Waals surface area contributed by atoms with Crippen LogP contribution in [0, 0.1) is 0 Å². The van der Waals surface area contributed by atoms with Crippen LogP contribution in [0.3, 0.4) is 0 Å². The van der Waals surface area contributed by atoms with Gasteiger partial charge in [-0.15, -0.1) is 0 Å². The second-order valence-electron chi connectivity index (χ2n) is 6.56. The second kappa shape index (κ2) is 7.55. The van der Waals surface area contributed by atoms with Gasteiger partial charge in [-0.3, -0.25) is 5.32 Å². The Morgan fingerprint density at radius 3 is 2.52 bits per heavy atom. The molecule has 6 heteroatoms. The number of ether oxygens (including phenoxy) is 3. The molecule has 128 valence electrons. The first kappa shape index (κ1) is 17.4. The van der Waals surface area contributed by atoms with Gasteiger partial charge in [0, 0.05) is 11.8 Å². The first-order valence-electron chi connectivity index (χ1n) is 7.93. The molecule has 0 unspecified atom stereocenters. The molecule has 6 nitrogen and oxygen atoms in total. The predicted molar refractivity (Wildman–Crippen MR) is 89.4 cm³/mol. The number of rotatable bonds is 4. The van der Waals surface area contributed by atoms with Crippen LogP contribution in [0.2, 0.25) is 0 Å². The average molecular weight is 322 g/mol. The molecule has 1 fully saturated rings. The SMILES string of the molecule is COc1ccc(NC(=O)OC(C)(C)C)cc1OC1CCNCC1. The fourth-order valence-corrected chi connectivity index (χ4v) is 2.36. The van der Waals surface area contributed by atoms with E-state index in [-0.39, 0.29) is 6.10 Å². The summed E-state index contributed by atoms with van der Waals surface area (Å²) in [4.78, 5) is 11.9. The Morgan fingerprint density at radius 1 is 1.22 bits per heavy atom. The monoisotopic (exact) mass is 322 g/mol. The molecule has 2 rings (SSSR count). The van der Waals surface area contributed by atoms with E-state index in [2.05, 4.69) is 10.6 Å². The van der Waals surface area contributed by atoms with Gasteiger partial charge in [-0.1, -0.05) is 0 Å². The summed E-state index contributed by atoms with van der Waals surface area (Å²) in [5, 5.41) is 6.02. The fraction of sp³-hybridized carbons (Fsp3) is 0.588. The molecule has 1 aromatic rings. The van der Waals surface area contributed by atoms with Crippen LogP contribution in [0.25, 0.3) is 0 Å². The number of carbonyl (C=O) groups excluding carboxylic acids is 1. The number of hydrogen-bond acceptors (Lipinski definition) is 5. The minimum absolute atomic E-state index is 0.155. The number of methoxy groups -OCH3 is 1. The molecule has 1 aromatic carbocycles. The minimum Gasteiger partial charge on any atom is -0.493 e. The maximum Gasteiger partial charge on any atom is 0.412 e. The fourth-order valence-electron chi connectivity index (χ4n) is 2.36. The molecule has 0 atom stereocenters. The van der Waals surface area contributed by atoms with E-state index in [0.29, 0.717) is 17.2 Å². The lowest BCUT2D eigenvalue weighted by Gasteiger charge is -2.25. The third-order valence-corrected chi connectivity index (χ3v) is 3.39. The number of carbonyl (C=O) groups is 1. The summed E-state index contributed by atoms with van der Waals surface area (Å²) in [7, 11) is 1.60. The van der Waals surface area contributed by atoms with Gasteiger partial charge in [0.2, 0.25) is 0 Å². The largest absolute Gasteiger partial charge is 0.493 e. The van der Waals surface area contributed by atoms with Gasteiger partial charge in [0.15, 0.2) is 11.5 Å². The summed E-state index contributed by atoms with van der Waals surface area (Å²) < 4.78 is 16.6. The predicted octanol–water partition coefficient (Wildman–Crippen LogP) is 3.17. The van der Waals surface area contributed by atoms with E-state index in [4.69, 9.17) is 14.2 Å². The number of hydrogen-bond donors (Lipinski definition) is 2. The lowest BCUT2D eigenvalue weighted by molar-refractivity contribution is 0.0636. The Labute approximate surface area is 137 Å². The van der Waals surface area contributed by atoms with Crippen LogP contribution in [0.5, 0.6) is 11.5 Å². The third kappa shape index (κ3) is 5.63. The van der Waals surface area contributed by atoms with Gasteiger partial charge < -0.3 is 19.5 Å². The highest BCUT2D eigenvalue weighted by molar-refractivity contribution is 5.85. The lowest BCUT2D eigenvalue weighted by atomic mass is 10.1. The molecule has 1 saturated heterocycles. The van der Waals surface area contributed by atoms with Crippen molar-refractivity contribution in [3.8, 4) is 11.5 Å². The van der Waals surface area contributed by atoms with Crippen molar-refractivity contribution in [3.05, 3.63) is 18.2 Å². The van der Waals surface area contributed by atoms with Gasteiger partial charge in [0.25, 0.3) is 0 Å². The van der Waals surface area contributed by atoms with Crippen molar-refractivity contribution in [3.63, 3.8) is 0 Å². The Kier molecular flexibility index (Phi) is 5.71. The van der Waals surface area contributed by atoms with Crippen molar-refractivity contribution in [1.82, 2.24) is 5.32 Å². The van der Waals surface area contributed by atoms with Crippen LogP contribution >= 0.6 is 0 Å². The van der Waals surface area contributed by atoms with Gasteiger partial charge in [0.05, 0.1) is 7.11 Å². The highest BCUT2D eigenvalue weighted by atomic mass is 16.6. The number of benzene rings is 1. The van der Waals surface area contributed by atoms with Crippen LogP contribution in [-0.2, 0) is 4.74 Å². The molecule has 0 aliphatic carbocycles. The highest BCUT2D eigenvalue weighted by Gasteiger charge is 2.19. The lowest BCUT2D eigenvalue weighted by Crippen LogP contribution is -2.34. The van der Waals surface area contributed by atoms with E-state index in [1.807, 2.05) is 20.8 Å². The van der Waals surface area contributed by atoms with E-state index < -0.39 is 11.7 Å². The van der Waals surface area contributed by atoms with E-state index in [9.17, 15) is 4.79 Å². The Hall–Kier alpha value is -1.95. The van der Waals surface area contributed by atoms with Crippen LogP contribution in [0.4, 0.5) is 10.5 Å². The van der Waals surface area contributed by atoms with Crippen LogP contribution in [0.15, 0.2) is 18.2 Å². The first-order chi connectivity index (χ1) is 10.9. The summed E-state index contributed by atoms with van der Waals surface area (Å²) in [6.45, 7) is 7.37. The number of amides is 1. The van der Waals surface area contributed by atoms with Crippen molar-refractivity contribution in [2.24, 2.45) is 0 Å². The Morgan fingerprint density at radius 2 is 1.91 bits per heavy atom. The summed E-state index contributed by atoms with van der Waals surface area (Å²) in [6.07, 6.45) is 1.57. The Balaban J connectivity index is 2.06. The van der Waals surface area contributed by atoms with Crippen LogP contribution in [0.1, 0.15) is 33.6 Å². The molecule has 0 aromatic heterocycles. The second-order valence-corrected chi connectivity index (χ2v) is 6.56. The normalized spacial score (nSPS) is 15.8. The molecule has 1 amide bonds. The first-order valence-corrected chi connectivity index (χ1v) is 7.93. The maximum absolute atomic E-state index is 11.9. The van der Waals surface area contributed by atoms with Crippen molar-refractivity contribution in [1.29, 1.82) is 0 Å². The van der Waals surface area contributed by atoms with Gasteiger partial charge in [0.1, 0.15) is 11.7 Å². The van der Waals surface area contributed by atoms with Crippen LogP contribution in [-0.4, -0.2) is 38.0 Å². The molecular weight excluding hydrogens is 296 g/mol. The minimum atomic E-state index is -0.537. The number of nitrogens with one attached hydrogen (secondary N) is 2. The summed E-state index contributed by atoms with van der Waals surface area (Å²) in [5.41, 5.74) is 0.0781. The van der Waals surface area contributed by atoms with Gasteiger partial charge in [-0.2, -0.15) is 0 Å². The quantitative estimate of drug-likeness (QED) is 0.891. The highest BCUT2D eigenvalue weighted by Crippen LogP contribution is 2.32. The number of anilines is 1. The molecule has 1 aliphatic heterocycles. The zero-order valence-electron chi connectivity index (χ0n) is 14.3. The average Bonchev–Trinajstić information content (AvgIpc) is 2.46. The van der Waals surface area contributed by atoms with Crippen molar-refractivity contribution >= 4 is 11.8 Å². The van der Waals surface area contributed by atoms with E-state index in [0.717, 1.165) is 25.9 Å². The molecule has 0 saturated carbocycles. The smallest absolute Gasteiger partial charge is 0.412 e. The Bertz CT molecular complexity index is 534. The van der Waals surface area contributed by atoms with Crippen molar-refractivity contribution in [2.45, 2.75) is 45.3 Å². The zero-order valence-corrected chi connectivity index (χ0v) is 14.3. The van der Waals surface area contributed by atoms with E-state index in [1.54, 1.807) is 25.3 Å². The summed E-state index contributed by atoms with van der Waals surface area (Å²) >= 11 is 0.